The smallest absolute Gasteiger partial charge is 0.306 e. The molecule has 1 heterocycles. The van der Waals surface area contributed by atoms with Crippen LogP contribution in [0, 0.1) is 11.8 Å². The maximum atomic E-state index is 11.6. The zero-order valence-corrected chi connectivity index (χ0v) is 11.8. The lowest BCUT2D eigenvalue weighted by Crippen LogP contribution is -2.27. The molecule has 0 bridgehead atoms. The summed E-state index contributed by atoms with van der Waals surface area (Å²) in [5.74, 6) is -0.567. The van der Waals surface area contributed by atoms with Gasteiger partial charge in [-0.1, -0.05) is 37.1 Å². The van der Waals surface area contributed by atoms with Crippen LogP contribution in [0.25, 0.3) is 0 Å². The predicted molar refractivity (Wildman–Crippen MR) is 76.5 cm³/mol. The molecule has 2 unspecified atom stereocenters. The Morgan fingerprint density at radius 3 is 2.80 bits per heavy atom. The van der Waals surface area contributed by atoms with Crippen LogP contribution in [0.3, 0.4) is 0 Å². The third-order valence-corrected chi connectivity index (χ3v) is 4.85. The SMILES string of the molecule is O=C(O)C(CC1OCCc2ccccc21)C1CCCC1. The van der Waals surface area contributed by atoms with Gasteiger partial charge in [0.05, 0.1) is 18.6 Å². The number of carboxylic acids is 1. The standard InChI is InChI=1S/C17H22O3/c18-17(19)15(12-5-1-2-6-12)11-16-14-8-4-3-7-13(14)9-10-20-16/h3-4,7-8,12,15-16H,1-2,5-6,9-11H2,(H,18,19). The maximum Gasteiger partial charge on any atom is 0.306 e. The molecule has 1 aromatic carbocycles. The van der Waals surface area contributed by atoms with E-state index in [0.717, 1.165) is 19.3 Å². The van der Waals surface area contributed by atoms with E-state index in [4.69, 9.17) is 4.74 Å². The van der Waals surface area contributed by atoms with E-state index in [0.29, 0.717) is 18.9 Å². The molecule has 3 heteroatoms. The summed E-state index contributed by atoms with van der Waals surface area (Å²) in [6.45, 7) is 0.707. The number of hydrogen-bond acceptors (Lipinski definition) is 2. The fourth-order valence-electron chi connectivity index (χ4n) is 3.76. The minimum absolute atomic E-state index is 0.0401. The van der Waals surface area contributed by atoms with Crippen molar-refractivity contribution in [2.75, 3.05) is 6.61 Å². The molecule has 0 amide bonds. The Morgan fingerprint density at radius 1 is 1.30 bits per heavy atom. The number of ether oxygens (including phenoxy) is 1. The number of benzene rings is 1. The summed E-state index contributed by atoms with van der Waals surface area (Å²) in [6.07, 6.45) is 6.00. The van der Waals surface area contributed by atoms with Crippen LogP contribution >= 0.6 is 0 Å². The van der Waals surface area contributed by atoms with Crippen molar-refractivity contribution in [3.8, 4) is 0 Å². The van der Waals surface area contributed by atoms with Gasteiger partial charge in [-0.05, 0) is 42.7 Å². The fourth-order valence-corrected chi connectivity index (χ4v) is 3.76. The van der Waals surface area contributed by atoms with E-state index in [1.54, 1.807) is 0 Å². The number of aliphatic carboxylic acids is 1. The zero-order valence-electron chi connectivity index (χ0n) is 11.8. The first-order valence-electron chi connectivity index (χ1n) is 7.68. The molecule has 1 aliphatic heterocycles. The average molecular weight is 274 g/mol. The Balaban J connectivity index is 1.77. The minimum Gasteiger partial charge on any atom is -0.481 e. The lowest BCUT2D eigenvalue weighted by molar-refractivity contribution is -0.145. The molecule has 3 rings (SSSR count). The quantitative estimate of drug-likeness (QED) is 0.912. The molecular weight excluding hydrogens is 252 g/mol. The number of hydrogen-bond donors (Lipinski definition) is 1. The van der Waals surface area contributed by atoms with Crippen LogP contribution in [-0.2, 0) is 16.0 Å². The van der Waals surface area contributed by atoms with E-state index in [9.17, 15) is 9.90 Å². The summed E-state index contributed by atoms with van der Waals surface area (Å²) >= 11 is 0. The molecule has 0 aromatic heterocycles. The largest absolute Gasteiger partial charge is 0.481 e. The van der Waals surface area contributed by atoms with Crippen molar-refractivity contribution in [1.82, 2.24) is 0 Å². The number of carbonyl (C=O) groups is 1. The van der Waals surface area contributed by atoms with Crippen LogP contribution < -0.4 is 0 Å². The Bertz CT molecular complexity index is 477. The van der Waals surface area contributed by atoms with Crippen LogP contribution in [0.1, 0.15) is 49.3 Å². The summed E-state index contributed by atoms with van der Waals surface area (Å²) in [4.78, 5) is 11.6. The first-order chi connectivity index (χ1) is 9.75. The summed E-state index contributed by atoms with van der Waals surface area (Å²) in [5.41, 5.74) is 2.52. The van der Waals surface area contributed by atoms with Gasteiger partial charge in [-0.3, -0.25) is 4.79 Å². The number of rotatable bonds is 4. The number of fused-ring (bicyclic) bond motifs is 1. The van der Waals surface area contributed by atoms with E-state index in [-0.39, 0.29) is 12.0 Å². The topological polar surface area (TPSA) is 46.5 Å². The lowest BCUT2D eigenvalue weighted by Gasteiger charge is -2.30. The third kappa shape index (κ3) is 2.73. The van der Waals surface area contributed by atoms with E-state index < -0.39 is 5.97 Å². The second-order valence-corrected chi connectivity index (χ2v) is 6.03. The minimum atomic E-state index is -0.649. The van der Waals surface area contributed by atoms with Gasteiger partial charge in [0.1, 0.15) is 0 Å². The number of carboxylic acid groups (broad SMARTS) is 1. The Kier molecular flexibility index (Phi) is 4.06. The van der Waals surface area contributed by atoms with Crippen LogP contribution in [0.2, 0.25) is 0 Å². The molecule has 0 spiro atoms. The van der Waals surface area contributed by atoms with Crippen molar-refractivity contribution in [3.63, 3.8) is 0 Å². The van der Waals surface area contributed by atoms with E-state index in [2.05, 4.69) is 12.1 Å². The molecule has 1 saturated carbocycles. The molecule has 2 atom stereocenters. The summed E-state index contributed by atoms with van der Waals surface area (Å²) in [5, 5.41) is 9.56. The Morgan fingerprint density at radius 2 is 2.05 bits per heavy atom. The molecule has 1 aromatic rings. The van der Waals surface area contributed by atoms with Crippen molar-refractivity contribution in [2.24, 2.45) is 11.8 Å². The van der Waals surface area contributed by atoms with Crippen molar-refractivity contribution in [3.05, 3.63) is 35.4 Å². The zero-order chi connectivity index (χ0) is 13.9. The van der Waals surface area contributed by atoms with Gasteiger partial charge in [-0.15, -0.1) is 0 Å². The van der Waals surface area contributed by atoms with Crippen LogP contribution in [-0.4, -0.2) is 17.7 Å². The van der Waals surface area contributed by atoms with Crippen molar-refractivity contribution >= 4 is 5.97 Å². The summed E-state index contributed by atoms with van der Waals surface area (Å²) in [7, 11) is 0. The molecule has 2 aliphatic rings. The molecular formula is C17H22O3. The highest BCUT2D eigenvalue weighted by Gasteiger charge is 2.34. The molecule has 1 fully saturated rings. The third-order valence-electron chi connectivity index (χ3n) is 4.85. The molecule has 0 saturated heterocycles. The highest BCUT2D eigenvalue weighted by atomic mass is 16.5. The highest BCUT2D eigenvalue weighted by Crippen LogP contribution is 2.39. The molecule has 3 nitrogen and oxygen atoms in total. The van der Waals surface area contributed by atoms with E-state index >= 15 is 0 Å². The van der Waals surface area contributed by atoms with Gasteiger partial charge in [-0.2, -0.15) is 0 Å². The van der Waals surface area contributed by atoms with Crippen molar-refractivity contribution in [2.45, 2.75) is 44.6 Å². The molecule has 1 N–H and O–H groups in total. The van der Waals surface area contributed by atoms with Crippen molar-refractivity contribution in [1.29, 1.82) is 0 Å². The highest BCUT2D eigenvalue weighted by molar-refractivity contribution is 5.70. The van der Waals surface area contributed by atoms with Gasteiger partial charge in [0.15, 0.2) is 0 Å². The first kappa shape index (κ1) is 13.6. The van der Waals surface area contributed by atoms with Gasteiger partial charge in [0.25, 0.3) is 0 Å². The lowest BCUT2D eigenvalue weighted by atomic mass is 9.83. The van der Waals surface area contributed by atoms with Gasteiger partial charge in [0, 0.05) is 0 Å². The van der Waals surface area contributed by atoms with Crippen LogP contribution in [0.15, 0.2) is 24.3 Å². The van der Waals surface area contributed by atoms with Gasteiger partial charge < -0.3 is 9.84 Å². The van der Waals surface area contributed by atoms with Crippen molar-refractivity contribution < 1.29 is 14.6 Å². The van der Waals surface area contributed by atoms with E-state index in [1.807, 2.05) is 12.1 Å². The molecule has 1 aliphatic carbocycles. The molecule has 20 heavy (non-hydrogen) atoms. The van der Waals surface area contributed by atoms with E-state index in [1.165, 1.54) is 24.0 Å². The molecule has 0 radical (unpaired) electrons. The normalized spacial score (nSPS) is 24.3. The average Bonchev–Trinajstić information content (AvgIpc) is 2.98. The first-order valence-corrected chi connectivity index (χ1v) is 7.68. The Hall–Kier alpha value is -1.35. The second-order valence-electron chi connectivity index (χ2n) is 6.03. The summed E-state index contributed by atoms with van der Waals surface area (Å²) < 4.78 is 5.88. The summed E-state index contributed by atoms with van der Waals surface area (Å²) in [6, 6.07) is 8.29. The Labute approximate surface area is 120 Å². The predicted octanol–water partition coefficient (Wildman–Crippen LogP) is 3.58. The maximum absolute atomic E-state index is 11.6. The molecule has 108 valence electrons. The van der Waals surface area contributed by atoms with Crippen LogP contribution in [0.5, 0.6) is 0 Å². The monoisotopic (exact) mass is 274 g/mol. The van der Waals surface area contributed by atoms with Gasteiger partial charge in [-0.25, -0.2) is 0 Å². The second kappa shape index (κ2) is 5.96. The van der Waals surface area contributed by atoms with Crippen LogP contribution in [0.4, 0.5) is 0 Å². The fraction of sp³-hybridized carbons (Fsp3) is 0.588. The van der Waals surface area contributed by atoms with Gasteiger partial charge in [0.2, 0.25) is 0 Å². The van der Waals surface area contributed by atoms with Gasteiger partial charge >= 0.3 is 5.97 Å².